The van der Waals surface area contributed by atoms with Gasteiger partial charge in [0.15, 0.2) is 5.82 Å². The van der Waals surface area contributed by atoms with E-state index in [2.05, 4.69) is 25.9 Å². The number of rotatable bonds is 3. The van der Waals surface area contributed by atoms with Crippen LogP contribution in [-0.4, -0.2) is 39.4 Å². The van der Waals surface area contributed by atoms with Crippen LogP contribution in [0.3, 0.4) is 0 Å². The summed E-state index contributed by atoms with van der Waals surface area (Å²) in [4.78, 5) is 10.8. The zero-order valence-electron chi connectivity index (χ0n) is 7.30. The van der Waals surface area contributed by atoms with Crippen molar-refractivity contribution in [3.05, 3.63) is 5.82 Å². The molecule has 84 valence electrons. The van der Waals surface area contributed by atoms with Gasteiger partial charge in [0.1, 0.15) is 6.54 Å². The molecule has 0 radical (unpaired) electrons. The molecule has 15 heavy (non-hydrogen) atoms. The van der Waals surface area contributed by atoms with Gasteiger partial charge < -0.3 is 10.6 Å². The minimum atomic E-state index is -4.43. The SMILES string of the molecule is O=C(NCc1nn[nH]n1)NCC(F)(F)F. The summed E-state index contributed by atoms with van der Waals surface area (Å²) in [6, 6.07) is -0.947. The number of amides is 2. The van der Waals surface area contributed by atoms with Gasteiger partial charge in [-0.15, -0.1) is 10.2 Å². The van der Waals surface area contributed by atoms with Crippen LogP contribution >= 0.6 is 0 Å². The Labute approximate surface area is 81.4 Å². The Hall–Kier alpha value is -1.87. The van der Waals surface area contributed by atoms with Crippen LogP contribution in [0.5, 0.6) is 0 Å². The predicted molar refractivity (Wildman–Crippen MR) is 40.5 cm³/mol. The summed E-state index contributed by atoms with van der Waals surface area (Å²) in [6.45, 7) is -1.48. The van der Waals surface area contributed by atoms with E-state index in [1.165, 1.54) is 0 Å². The molecular weight excluding hydrogens is 217 g/mol. The Morgan fingerprint density at radius 3 is 2.67 bits per heavy atom. The lowest BCUT2D eigenvalue weighted by molar-refractivity contribution is -0.122. The van der Waals surface area contributed by atoms with Crippen molar-refractivity contribution >= 4 is 6.03 Å². The van der Waals surface area contributed by atoms with E-state index < -0.39 is 18.8 Å². The second-order valence-electron chi connectivity index (χ2n) is 2.48. The van der Waals surface area contributed by atoms with Crippen molar-refractivity contribution in [1.82, 2.24) is 31.3 Å². The molecule has 0 aliphatic heterocycles. The molecule has 7 nitrogen and oxygen atoms in total. The maximum Gasteiger partial charge on any atom is 0.405 e. The number of H-pyrrole nitrogens is 1. The Morgan fingerprint density at radius 1 is 1.40 bits per heavy atom. The maximum absolute atomic E-state index is 11.6. The molecule has 3 N–H and O–H groups in total. The third kappa shape index (κ3) is 4.78. The zero-order chi connectivity index (χ0) is 11.3. The third-order valence-electron chi connectivity index (χ3n) is 1.25. The second-order valence-corrected chi connectivity index (χ2v) is 2.48. The average molecular weight is 224 g/mol. The lowest BCUT2D eigenvalue weighted by atomic mass is 10.6. The van der Waals surface area contributed by atoms with Gasteiger partial charge in [0, 0.05) is 0 Å². The molecule has 0 aromatic carbocycles. The molecule has 0 atom stereocenters. The number of aromatic amines is 1. The Morgan fingerprint density at radius 2 is 2.13 bits per heavy atom. The molecule has 0 aliphatic rings. The van der Waals surface area contributed by atoms with E-state index in [4.69, 9.17) is 0 Å². The fourth-order valence-corrected chi connectivity index (χ4v) is 0.660. The van der Waals surface area contributed by atoms with Crippen molar-refractivity contribution in [3.8, 4) is 0 Å². The monoisotopic (exact) mass is 224 g/mol. The number of aromatic nitrogens is 4. The molecule has 0 fully saturated rings. The number of nitrogens with one attached hydrogen (secondary N) is 3. The van der Waals surface area contributed by atoms with Gasteiger partial charge in [-0.2, -0.15) is 18.4 Å². The van der Waals surface area contributed by atoms with Gasteiger partial charge in [-0.05, 0) is 0 Å². The van der Waals surface area contributed by atoms with Crippen molar-refractivity contribution in [2.45, 2.75) is 12.7 Å². The molecule has 0 saturated heterocycles. The number of hydrogen-bond donors (Lipinski definition) is 3. The van der Waals surface area contributed by atoms with E-state index in [9.17, 15) is 18.0 Å². The fourth-order valence-electron chi connectivity index (χ4n) is 0.660. The molecule has 0 spiro atoms. The highest BCUT2D eigenvalue weighted by Gasteiger charge is 2.27. The van der Waals surface area contributed by atoms with Crippen molar-refractivity contribution in [2.75, 3.05) is 6.54 Å². The summed E-state index contributed by atoms with van der Waals surface area (Å²) < 4.78 is 34.9. The number of alkyl halides is 3. The van der Waals surface area contributed by atoms with Crippen molar-refractivity contribution in [2.24, 2.45) is 0 Å². The van der Waals surface area contributed by atoms with Crippen molar-refractivity contribution in [1.29, 1.82) is 0 Å². The molecular formula is C5H7F3N6O. The number of nitrogens with zero attached hydrogens (tertiary/aromatic N) is 3. The van der Waals surface area contributed by atoms with Crippen LogP contribution in [0.1, 0.15) is 5.82 Å². The Balaban J connectivity index is 2.20. The number of halogens is 3. The third-order valence-corrected chi connectivity index (χ3v) is 1.25. The second kappa shape index (κ2) is 4.57. The van der Waals surface area contributed by atoms with Crippen LogP contribution in [0, 0.1) is 0 Å². The first-order valence-electron chi connectivity index (χ1n) is 3.78. The van der Waals surface area contributed by atoms with Gasteiger partial charge in [0.05, 0.1) is 6.54 Å². The molecule has 10 heteroatoms. The first-order valence-corrected chi connectivity index (χ1v) is 3.78. The molecule has 1 heterocycles. The van der Waals surface area contributed by atoms with E-state index in [0.717, 1.165) is 0 Å². The lowest BCUT2D eigenvalue weighted by Gasteiger charge is -2.08. The summed E-state index contributed by atoms with van der Waals surface area (Å²) >= 11 is 0. The summed E-state index contributed by atoms with van der Waals surface area (Å²) in [5.74, 6) is 0.178. The summed E-state index contributed by atoms with van der Waals surface area (Å²) in [5, 5.41) is 16.0. The van der Waals surface area contributed by atoms with Crippen LogP contribution in [0.2, 0.25) is 0 Å². The van der Waals surface area contributed by atoms with Crippen LogP contribution in [0.25, 0.3) is 0 Å². The average Bonchev–Trinajstić information content (AvgIpc) is 2.62. The minimum absolute atomic E-state index is 0.0970. The molecule has 2 amide bonds. The molecule has 0 unspecified atom stereocenters. The van der Waals surface area contributed by atoms with Gasteiger partial charge in [-0.1, -0.05) is 5.21 Å². The quantitative estimate of drug-likeness (QED) is 0.648. The summed E-state index contributed by atoms with van der Waals surface area (Å²) in [5.41, 5.74) is 0. The van der Waals surface area contributed by atoms with E-state index in [0.29, 0.717) is 0 Å². The van der Waals surface area contributed by atoms with Crippen LogP contribution < -0.4 is 10.6 Å². The van der Waals surface area contributed by atoms with E-state index >= 15 is 0 Å². The molecule has 0 bridgehead atoms. The first kappa shape index (κ1) is 11.2. The number of urea groups is 1. The van der Waals surface area contributed by atoms with Gasteiger partial charge in [-0.3, -0.25) is 0 Å². The number of tetrazole rings is 1. The van der Waals surface area contributed by atoms with Gasteiger partial charge >= 0.3 is 12.2 Å². The number of carbonyl (C=O) groups is 1. The number of carbonyl (C=O) groups excluding carboxylic acids is 1. The zero-order valence-corrected chi connectivity index (χ0v) is 7.30. The highest BCUT2D eigenvalue weighted by molar-refractivity contribution is 5.73. The van der Waals surface area contributed by atoms with Crippen molar-refractivity contribution < 1.29 is 18.0 Å². The fraction of sp³-hybridized carbons (Fsp3) is 0.600. The lowest BCUT2D eigenvalue weighted by Crippen LogP contribution is -2.40. The molecule has 1 rings (SSSR count). The summed E-state index contributed by atoms with van der Waals surface area (Å²) in [6.07, 6.45) is -4.43. The van der Waals surface area contributed by atoms with E-state index in [-0.39, 0.29) is 12.4 Å². The topological polar surface area (TPSA) is 95.6 Å². The van der Waals surface area contributed by atoms with Gasteiger partial charge in [0.2, 0.25) is 0 Å². The van der Waals surface area contributed by atoms with Gasteiger partial charge in [-0.25, -0.2) is 4.79 Å². The smallest absolute Gasteiger partial charge is 0.331 e. The van der Waals surface area contributed by atoms with Crippen LogP contribution in [0.15, 0.2) is 0 Å². The molecule has 0 aliphatic carbocycles. The Bertz CT molecular complexity index is 309. The first-order chi connectivity index (χ1) is 6.97. The molecule has 1 aromatic heterocycles. The molecule has 0 saturated carbocycles. The maximum atomic E-state index is 11.6. The van der Waals surface area contributed by atoms with E-state index in [1.54, 1.807) is 5.32 Å². The molecule has 1 aromatic rings. The largest absolute Gasteiger partial charge is 0.405 e. The normalized spacial score (nSPS) is 11.1. The predicted octanol–water partition coefficient (Wildman–Crippen LogP) is -0.439. The minimum Gasteiger partial charge on any atom is -0.331 e. The van der Waals surface area contributed by atoms with Crippen molar-refractivity contribution in [3.63, 3.8) is 0 Å². The summed E-state index contributed by atoms with van der Waals surface area (Å²) in [7, 11) is 0. The highest BCUT2D eigenvalue weighted by Crippen LogP contribution is 2.11. The van der Waals surface area contributed by atoms with Crippen LogP contribution in [-0.2, 0) is 6.54 Å². The van der Waals surface area contributed by atoms with E-state index in [1.807, 2.05) is 0 Å². The highest BCUT2D eigenvalue weighted by atomic mass is 19.4. The van der Waals surface area contributed by atoms with Gasteiger partial charge in [0.25, 0.3) is 0 Å². The number of hydrogen-bond acceptors (Lipinski definition) is 4. The standard InChI is InChI=1S/C5H7F3N6O/c6-5(7,8)2-10-4(15)9-1-3-11-13-14-12-3/h1-2H2,(H2,9,10,15)(H,11,12,13,14). The Kier molecular flexibility index (Phi) is 3.42. The van der Waals surface area contributed by atoms with Crippen LogP contribution in [0.4, 0.5) is 18.0 Å².